The van der Waals surface area contributed by atoms with Crippen LogP contribution in [-0.4, -0.2) is 89.2 Å². The van der Waals surface area contributed by atoms with Gasteiger partial charge in [0.15, 0.2) is 23.2 Å². The number of aromatic nitrogens is 2. The molecule has 3 aliphatic rings. The summed E-state index contributed by atoms with van der Waals surface area (Å²) in [6.45, 7) is 0.675. The van der Waals surface area contributed by atoms with Crippen molar-refractivity contribution >= 4 is 69.2 Å². The van der Waals surface area contributed by atoms with E-state index in [-0.39, 0.29) is 52.9 Å². The molecule has 6 rings (SSSR count). The highest BCUT2D eigenvalue weighted by Gasteiger charge is 2.54. The van der Waals surface area contributed by atoms with E-state index in [0.717, 1.165) is 21.8 Å². The van der Waals surface area contributed by atoms with Crippen LogP contribution in [0.15, 0.2) is 82.2 Å². The Hall–Kier alpha value is -5.75. The number of amides is 4. The molecular weight excluding hydrogens is 677 g/mol. The number of nitrogens with one attached hydrogen (secondary N) is 2. The molecule has 3 aromatic rings. The van der Waals surface area contributed by atoms with Crippen LogP contribution in [0.2, 0.25) is 0 Å². The quantitative estimate of drug-likeness (QED) is 0.0326. The number of carbonyl (C=O) groups excluding carboxylic acids is 4. The van der Waals surface area contributed by atoms with Gasteiger partial charge in [0.05, 0.1) is 6.54 Å². The van der Waals surface area contributed by atoms with E-state index in [2.05, 4.69) is 20.8 Å². The zero-order chi connectivity index (χ0) is 34.8. The van der Waals surface area contributed by atoms with Crippen molar-refractivity contribution < 1.29 is 44.0 Å². The minimum absolute atomic E-state index is 0.0233. The van der Waals surface area contributed by atoms with Gasteiger partial charge in [0.1, 0.15) is 28.6 Å². The number of aromatic hydroxyl groups is 1. The van der Waals surface area contributed by atoms with E-state index in [1.165, 1.54) is 35.4 Å². The van der Waals surface area contributed by atoms with Crippen molar-refractivity contribution in [3.05, 3.63) is 88.3 Å². The molecule has 2 atom stereocenters. The Balaban J connectivity index is 1.10. The maximum Gasteiger partial charge on any atom is 0.352 e. The first-order valence-electron chi connectivity index (χ1n) is 14.7. The number of hydrogen-bond donors (Lipinski definition) is 6. The third-order valence-corrected chi connectivity index (χ3v) is 9.87. The number of fused-ring (bicyclic) bond motifs is 1. The summed E-state index contributed by atoms with van der Waals surface area (Å²) in [5.74, 6) is -3.19. The minimum atomic E-state index is -1.35. The molecular formula is C31H29N8O8S2+. The van der Waals surface area contributed by atoms with Gasteiger partial charge in [-0.2, -0.15) is 4.57 Å². The molecule has 0 saturated carbocycles. The summed E-state index contributed by atoms with van der Waals surface area (Å²) >= 11 is 2.26. The smallest absolute Gasteiger partial charge is 0.352 e. The summed E-state index contributed by atoms with van der Waals surface area (Å²) in [6.07, 6.45) is 5.38. The second-order valence-corrected chi connectivity index (χ2v) is 13.2. The van der Waals surface area contributed by atoms with Crippen LogP contribution in [-0.2, 0) is 37.1 Å². The molecule has 5 heterocycles. The zero-order valence-corrected chi connectivity index (χ0v) is 27.1. The molecule has 49 heavy (non-hydrogen) atoms. The number of nitrogen functional groups attached to an aromatic ring is 1. The molecule has 16 nitrogen and oxygen atoms in total. The number of benzene rings is 1. The lowest BCUT2D eigenvalue weighted by molar-refractivity contribution is -0.684. The number of pyridine rings is 1. The standard InChI is InChI=1S/C31H28N8O8S2/c32-31-34-21(15-49-31)23(36-47)26(42)35-24-28(44)39-25(30(45)46)18(14-48-29(24)39)10-17-7-9-38(27(17)43)12-16-2-1-8-37(11-16)13-22(41)33-19-3-5-20(40)6-4-19/h1-6,8,10-11,15,24,29H,7,9,12-14H2,(H6-,32,33,34,35,36,40,41,42,45,46,47)/p+1/b17-10+/t24-,29-/m1/s1. The van der Waals surface area contributed by atoms with Crippen LogP contribution >= 0.6 is 23.1 Å². The number of allylic oxidation sites excluding steroid dienone is 1. The van der Waals surface area contributed by atoms with Crippen LogP contribution < -0.4 is 20.9 Å². The Morgan fingerprint density at radius 2 is 1.96 bits per heavy atom. The first-order chi connectivity index (χ1) is 23.5. The number of nitrogens with two attached hydrogens (primary N) is 1. The molecule has 0 radical (unpaired) electrons. The van der Waals surface area contributed by atoms with Gasteiger partial charge in [-0.3, -0.25) is 24.1 Å². The largest absolute Gasteiger partial charge is 0.508 e. The van der Waals surface area contributed by atoms with Gasteiger partial charge in [-0.25, -0.2) is 9.78 Å². The molecule has 3 aliphatic heterocycles. The Kier molecular flexibility index (Phi) is 9.32. The summed E-state index contributed by atoms with van der Waals surface area (Å²) in [4.78, 5) is 70.8. The van der Waals surface area contributed by atoms with Gasteiger partial charge in [-0.15, -0.1) is 23.1 Å². The number of likely N-dealkylation sites (tertiary alicyclic amines) is 1. The summed E-state index contributed by atoms with van der Waals surface area (Å²) in [5.41, 5.74) is 6.93. The minimum Gasteiger partial charge on any atom is -0.508 e. The van der Waals surface area contributed by atoms with Crippen molar-refractivity contribution in [2.45, 2.75) is 30.9 Å². The SMILES string of the molecule is Nc1nc(/C(=N/O)C(=O)N[C@@H]2C(=O)N3C(C(=O)O)=C(/C=C4\CCN(Cc5ccc[n+](CC(=O)Nc6ccc(O)cc6)c5)C4=O)CS[C@H]23)cs1. The Labute approximate surface area is 286 Å². The molecule has 0 bridgehead atoms. The summed E-state index contributed by atoms with van der Waals surface area (Å²) in [7, 11) is 0. The van der Waals surface area contributed by atoms with E-state index in [4.69, 9.17) is 5.73 Å². The Morgan fingerprint density at radius 3 is 2.65 bits per heavy atom. The van der Waals surface area contributed by atoms with Gasteiger partial charge < -0.3 is 36.7 Å². The maximum atomic E-state index is 13.4. The molecule has 252 valence electrons. The second-order valence-electron chi connectivity index (χ2n) is 11.2. The molecule has 1 aromatic carbocycles. The number of phenols is 1. The molecule has 7 N–H and O–H groups in total. The Bertz CT molecular complexity index is 1960. The van der Waals surface area contributed by atoms with Crippen molar-refractivity contribution in [3.63, 3.8) is 0 Å². The number of rotatable bonds is 10. The fraction of sp³-hybridized carbons (Fsp3) is 0.226. The predicted octanol–water partition coefficient (Wildman–Crippen LogP) is 0.633. The molecule has 2 fully saturated rings. The first kappa shape index (κ1) is 33.2. The number of phenolic OH excluding ortho intramolecular Hbond substituents is 1. The van der Waals surface area contributed by atoms with Crippen LogP contribution in [0.3, 0.4) is 0 Å². The summed E-state index contributed by atoms with van der Waals surface area (Å²) in [5, 5.41) is 38.0. The number of hydrogen-bond acceptors (Lipinski definition) is 12. The van der Waals surface area contributed by atoms with Gasteiger partial charge in [0.2, 0.25) is 12.5 Å². The average molecular weight is 706 g/mol. The van der Waals surface area contributed by atoms with Crippen molar-refractivity contribution in [1.29, 1.82) is 0 Å². The van der Waals surface area contributed by atoms with Crippen molar-refractivity contribution in [2.75, 3.05) is 23.3 Å². The van der Waals surface area contributed by atoms with Crippen LogP contribution in [0.5, 0.6) is 5.75 Å². The maximum absolute atomic E-state index is 13.4. The number of anilines is 2. The number of oxime groups is 1. The number of carboxylic acid groups (broad SMARTS) is 1. The molecule has 18 heteroatoms. The monoisotopic (exact) mass is 705 g/mol. The number of β-lactam (4-membered cyclic amide) rings is 1. The van der Waals surface area contributed by atoms with E-state index >= 15 is 0 Å². The number of carbonyl (C=O) groups is 5. The molecule has 0 unspecified atom stereocenters. The average Bonchev–Trinajstić information content (AvgIpc) is 3.65. The van der Waals surface area contributed by atoms with Crippen molar-refractivity contribution in [2.24, 2.45) is 5.16 Å². The Morgan fingerprint density at radius 1 is 1.18 bits per heavy atom. The van der Waals surface area contributed by atoms with Crippen LogP contribution in [0.1, 0.15) is 17.7 Å². The van der Waals surface area contributed by atoms with E-state index in [1.54, 1.807) is 40.1 Å². The lowest BCUT2D eigenvalue weighted by atomic mass is 10.0. The van der Waals surface area contributed by atoms with Gasteiger partial charge in [0, 0.05) is 40.6 Å². The topological polar surface area (TPSA) is 232 Å². The summed E-state index contributed by atoms with van der Waals surface area (Å²) < 4.78 is 1.69. The molecule has 0 aliphatic carbocycles. The van der Waals surface area contributed by atoms with E-state index in [0.29, 0.717) is 29.8 Å². The molecule has 0 spiro atoms. The highest BCUT2D eigenvalue weighted by Crippen LogP contribution is 2.41. The van der Waals surface area contributed by atoms with Crippen LogP contribution in [0, 0.1) is 0 Å². The highest BCUT2D eigenvalue weighted by atomic mass is 32.2. The van der Waals surface area contributed by atoms with Crippen molar-refractivity contribution in [3.8, 4) is 5.75 Å². The van der Waals surface area contributed by atoms with Gasteiger partial charge in [-0.1, -0.05) is 5.16 Å². The van der Waals surface area contributed by atoms with Gasteiger partial charge in [0.25, 0.3) is 17.7 Å². The third-order valence-electron chi connectivity index (χ3n) is 7.90. The van der Waals surface area contributed by atoms with Crippen molar-refractivity contribution in [1.82, 2.24) is 20.1 Å². The number of thioether (sulfide) groups is 1. The number of carboxylic acids is 1. The molecule has 2 aromatic heterocycles. The van der Waals surface area contributed by atoms with E-state index < -0.39 is 34.9 Å². The third kappa shape index (κ3) is 6.95. The first-order valence-corrected chi connectivity index (χ1v) is 16.7. The van der Waals surface area contributed by atoms with Crippen LogP contribution in [0.4, 0.5) is 10.8 Å². The molecule has 2 saturated heterocycles. The fourth-order valence-electron chi connectivity index (χ4n) is 5.63. The fourth-order valence-corrected chi connectivity index (χ4v) is 7.49. The normalized spacial score (nSPS) is 19.9. The zero-order valence-electron chi connectivity index (χ0n) is 25.5. The second kappa shape index (κ2) is 13.8. The number of nitrogens with zero attached hydrogens (tertiary/aromatic N) is 5. The highest BCUT2D eigenvalue weighted by molar-refractivity contribution is 8.00. The lowest BCUT2D eigenvalue weighted by Gasteiger charge is -2.49. The van der Waals surface area contributed by atoms with Gasteiger partial charge >= 0.3 is 5.97 Å². The predicted molar refractivity (Wildman–Crippen MR) is 176 cm³/mol. The molecule has 4 amide bonds. The van der Waals surface area contributed by atoms with E-state index in [9.17, 15) is 39.4 Å². The van der Waals surface area contributed by atoms with Gasteiger partial charge in [-0.05, 0) is 48.4 Å². The number of thiazole rings is 1. The summed E-state index contributed by atoms with van der Waals surface area (Å²) in [6, 6.07) is 8.64. The van der Waals surface area contributed by atoms with E-state index in [1.807, 2.05) is 6.07 Å². The van der Waals surface area contributed by atoms with Crippen LogP contribution in [0.25, 0.3) is 0 Å². The number of aliphatic carboxylic acids is 1. The lowest BCUT2D eigenvalue weighted by Crippen LogP contribution is -2.71.